The topological polar surface area (TPSA) is 75.1 Å². The smallest absolute Gasteiger partial charge is 0.224 e. The second-order valence-electron chi connectivity index (χ2n) is 9.75. The number of amides is 1. The molecular formula is C30H32N6OS. The van der Waals surface area contributed by atoms with Crippen LogP contribution in [0.4, 0.5) is 11.4 Å². The number of hydrogen-bond acceptors (Lipinski definition) is 4. The predicted octanol–water partition coefficient (Wildman–Crippen LogP) is 6.03. The number of nitrogens with zero attached hydrogens (tertiary/aromatic N) is 4. The van der Waals surface area contributed by atoms with E-state index >= 15 is 0 Å². The quantitative estimate of drug-likeness (QED) is 0.300. The molecule has 1 aromatic carbocycles. The van der Waals surface area contributed by atoms with Gasteiger partial charge < -0.3 is 20.1 Å². The third-order valence-corrected chi connectivity index (χ3v) is 7.42. The lowest BCUT2D eigenvalue weighted by atomic mass is 9.96. The van der Waals surface area contributed by atoms with Gasteiger partial charge in [-0.1, -0.05) is 13.0 Å². The summed E-state index contributed by atoms with van der Waals surface area (Å²) in [6, 6.07) is 18.0. The molecule has 1 saturated heterocycles. The number of aryl methyl sites for hydroxylation is 3. The SMILES string of the molecule is CCC(=O)Nc1ccc(N2C(=S)NC(c3ccccn3)C2c2cc(C)n(-c3cc(C)ccn3)c2C)cc1C. The number of thiocarbonyl (C=S) groups is 1. The van der Waals surface area contributed by atoms with E-state index in [4.69, 9.17) is 12.2 Å². The van der Waals surface area contributed by atoms with Gasteiger partial charge in [0.05, 0.1) is 17.8 Å². The van der Waals surface area contributed by atoms with Crippen molar-refractivity contribution in [3.63, 3.8) is 0 Å². The van der Waals surface area contributed by atoms with Crippen LogP contribution in [0.15, 0.2) is 67.0 Å². The summed E-state index contributed by atoms with van der Waals surface area (Å²) in [5.74, 6) is 0.886. The minimum absolute atomic E-state index is 0.00972. The molecule has 1 aliphatic rings. The zero-order valence-electron chi connectivity index (χ0n) is 22.3. The Hall–Kier alpha value is -4.04. The Bertz CT molecular complexity index is 1510. The van der Waals surface area contributed by atoms with Gasteiger partial charge in [-0.2, -0.15) is 0 Å². The Morgan fingerprint density at radius 2 is 1.84 bits per heavy atom. The van der Waals surface area contributed by atoms with E-state index in [1.165, 1.54) is 0 Å². The van der Waals surface area contributed by atoms with Gasteiger partial charge in [-0.05, 0) is 105 Å². The van der Waals surface area contributed by atoms with Gasteiger partial charge in [0.25, 0.3) is 0 Å². The maximum absolute atomic E-state index is 12.0. The van der Waals surface area contributed by atoms with Crippen molar-refractivity contribution in [3.8, 4) is 5.82 Å². The van der Waals surface area contributed by atoms with Gasteiger partial charge in [0.2, 0.25) is 5.91 Å². The van der Waals surface area contributed by atoms with Crippen molar-refractivity contribution in [2.24, 2.45) is 0 Å². The number of hydrogen-bond donors (Lipinski definition) is 2. The fourth-order valence-electron chi connectivity index (χ4n) is 5.21. The van der Waals surface area contributed by atoms with Crippen molar-refractivity contribution in [2.75, 3.05) is 10.2 Å². The number of pyridine rings is 2. The summed E-state index contributed by atoms with van der Waals surface area (Å²) in [7, 11) is 0. The van der Waals surface area contributed by atoms with Crippen LogP contribution in [0.1, 0.15) is 59.2 Å². The van der Waals surface area contributed by atoms with Crippen molar-refractivity contribution in [2.45, 2.75) is 53.1 Å². The Labute approximate surface area is 228 Å². The van der Waals surface area contributed by atoms with Crippen LogP contribution in [0.2, 0.25) is 0 Å². The molecule has 2 atom stereocenters. The van der Waals surface area contributed by atoms with E-state index in [0.717, 1.165) is 51.0 Å². The summed E-state index contributed by atoms with van der Waals surface area (Å²) in [4.78, 5) is 23.5. The molecule has 0 radical (unpaired) electrons. The highest BCUT2D eigenvalue weighted by Gasteiger charge is 2.42. The lowest BCUT2D eigenvalue weighted by Gasteiger charge is -2.29. The summed E-state index contributed by atoms with van der Waals surface area (Å²) in [6.07, 6.45) is 4.09. The Morgan fingerprint density at radius 1 is 1.03 bits per heavy atom. The molecule has 1 fully saturated rings. The summed E-state index contributed by atoms with van der Waals surface area (Å²) < 4.78 is 2.20. The maximum atomic E-state index is 12.0. The summed E-state index contributed by atoms with van der Waals surface area (Å²) in [5, 5.41) is 7.16. The summed E-state index contributed by atoms with van der Waals surface area (Å²) >= 11 is 5.93. The molecule has 194 valence electrons. The Kier molecular flexibility index (Phi) is 6.99. The molecular weight excluding hydrogens is 492 g/mol. The Balaban J connectivity index is 1.64. The number of aromatic nitrogens is 3. The number of benzene rings is 1. The molecule has 5 rings (SSSR count). The van der Waals surface area contributed by atoms with Crippen molar-refractivity contribution in [1.82, 2.24) is 19.9 Å². The first kappa shape index (κ1) is 25.6. The van der Waals surface area contributed by atoms with E-state index in [9.17, 15) is 4.79 Å². The van der Waals surface area contributed by atoms with E-state index in [0.29, 0.717) is 11.5 Å². The molecule has 7 nitrogen and oxygen atoms in total. The number of carbonyl (C=O) groups excluding carboxylic acids is 1. The van der Waals surface area contributed by atoms with Crippen molar-refractivity contribution < 1.29 is 4.79 Å². The van der Waals surface area contributed by atoms with E-state index in [-0.39, 0.29) is 18.0 Å². The van der Waals surface area contributed by atoms with Gasteiger partial charge in [-0.3, -0.25) is 9.78 Å². The average Bonchev–Trinajstić information content (AvgIpc) is 3.40. The minimum Gasteiger partial charge on any atom is -0.351 e. The van der Waals surface area contributed by atoms with Crippen LogP contribution in [0.3, 0.4) is 0 Å². The molecule has 0 saturated carbocycles. The predicted molar refractivity (Wildman–Crippen MR) is 156 cm³/mol. The zero-order valence-corrected chi connectivity index (χ0v) is 23.1. The fraction of sp³-hybridized carbons (Fsp3) is 0.267. The molecule has 1 amide bonds. The van der Waals surface area contributed by atoms with Gasteiger partial charge in [-0.25, -0.2) is 4.98 Å². The molecule has 38 heavy (non-hydrogen) atoms. The van der Waals surface area contributed by atoms with E-state index < -0.39 is 0 Å². The van der Waals surface area contributed by atoms with Crippen LogP contribution >= 0.6 is 12.2 Å². The first-order valence-corrected chi connectivity index (χ1v) is 13.2. The lowest BCUT2D eigenvalue weighted by molar-refractivity contribution is -0.115. The molecule has 3 aromatic heterocycles. The van der Waals surface area contributed by atoms with Crippen LogP contribution in [0.5, 0.6) is 0 Å². The molecule has 2 N–H and O–H groups in total. The molecule has 2 unspecified atom stereocenters. The van der Waals surface area contributed by atoms with Gasteiger partial charge in [0, 0.05) is 41.6 Å². The normalized spacial score (nSPS) is 17.0. The molecule has 8 heteroatoms. The highest BCUT2D eigenvalue weighted by Crippen LogP contribution is 2.44. The lowest BCUT2D eigenvalue weighted by Crippen LogP contribution is -2.29. The van der Waals surface area contributed by atoms with Gasteiger partial charge in [-0.15, -0.1) is 0 Å². The number of rotatable bonds is 6. The number of carbonyl (C=O) groups is 1. The van der Waals surface area contributed by atoms with Gasteiger partial charge in [0.1, 0.15) is 5.82 Å². The van der Waals surface area contributed by atoms with Crippen LogP contribution < -0.4 is 15.5 Å². The monoisotopic (exact) mass is 524 g/mol. The summed E-state index contributed by atoms with van der Waals surface area (Å²) in [5.41, 5.74) is 8.16. The largest absolute Gasteiger partial charge is 0.351 e. The second-order valence-corrected chi connectivity index (χ2v) is 10.1. The molecule has 0 bridgehead atoms. The first-order chi connectivity index (χ1) is 18.3. The average molecular weight is 525 g/mol. The number of nitrogens with one attached hydrogen (secondary N) is 2. The van der Waals surface area contributed by atoms with E-state index in [1.54, 1.807) is 0 Å². The Morgan fingerprint density at radius 3 is 2.53 bits per heavy atom. The minimum atomic E-state index is -0.150. The van der Waals surface area contributed by atoms with E-state index in [2.05, 4.69) is 69.0 Å². The molecule has 1 aliphatic heterocycles. The van der Waals surface area contributed by atoms with Gasteiger partial charge >= 0.3 is 0 Å². The van der Waals surface area contributed by atoms with Crippen molar-refractivity contribution >= 4 is 34.6 Å². The number of anilines is 2. The molecule has 4 heterocycles. The third kappa shape index (κ3) is 4.67. The molecule has 0 aliphatic carbocycles. The first-order valence-electron chi connectivity index (χ1n) is 12.8. The van der Waals surface area contributed by atoms with Crippen molar-refractivity contribution in [1.29, 1.82) is 0 Å². The van der Waals surface area contributed by atoms with Crippen LogP contribution in [-0.2, 0) is 4.79 Å². The van der Waals surface area contributed by atoms with E-state index in [1.807, 2.05) is 62.6 Å². The molecule has 4 aromatic rings. The van der Waals surface area contributed by atoms with Crippen LogP contribution in [0, 0.1) is 27.7 Å². The highest BCUT2D eigenvalue weighted by molar-refractivity contribution is 7.80. The highest BCUT2D eigenvalue weighted by atomic mass is 32.1. The zero-order chi connectivity index (χ0) is 27.0. The van der Waals surface area contributed by atoms with Crippen molar-refractivity contribution in [3.05, 3.63) is 101 Å². The summed E-state index contributed by atoms with van der Waals surface area (Å²) in [6.45, 7) is 10.2. The third-order valence-electron chi connectivity index (χ3n) is 7.10. The molecule has 0 spiro atoms. The standard InChI is InChI=1S/C30H32N6OS/c1-6-27(37)33-24-11-10-22(16-19(24)3)36-29(28(34-30(36)38)25-9-7-8-13-31-25)23-17-20(4)35(21(23)5)26-15-18(2)12-14-32-26/h7-17,28-29H,6H2,1-5H3,(H,33,37)(H,34,38). The van der Waals surface area contributed by atoms with Gasteiger partial charge in [0.15, 0.2) is 5.11 Å². The second kappa shape index (κ2) is 10.4. The van der Waals surface area contributed by atoms with Crippen LogP contribution in [-0.4, -0.2) is 25.6 Å². The fourth-order valence-corrected chi connectivity index (χ4v) is 5.55. The van der Waals surface area contributed by atoms with Crippen LogP contribution in [0.25, 0.3) is 5.82 Å². The maximum Gasteiger partial charge on any atom is 0.224 e.